The van der Waals surface area contributed by atoms with E-state index in [4.69, 9.17) is 0 Å². The summed E-state index contributed by atoms with van der Waals surface area (Å²) in [5.41, 5.74) is 0.545. The molecule has 2 N–H and O–H groups in total. The van der Waals surface area contributed by atoms with Gasteiger partial charge in [-0.05, 0) is 42.9 Å². The standard InChI is InChI=1S/C17H24F3NO3/c1-12(22)10-16(2,3)11-21-15(23)9-6-13-4-7-14(8-5-13)24-17(18,19)20/h4-5,7-8,12,22H,6,9-11H2,1-3H3,(H,21,23)/t12-/m0/s1. The summed E-state index contributed by atoms with van der Waals surface area (Å²) in [6.45, 7) is 6.07. The van der Waals surface area contributed by atoms with Crippen LogP contribution in [-0.4, -0.2) is 30.0 Å². The molecule has 4 nitrogen and oxygen atoms in total. The first-order valence-corrected chi connectivity index (χ1v) is 7.76. The van der Waals surface area contributed by atoms with Crippen molar-refractivity contribution in [3.05, 3.63) is 29.8 Å². The molecule has 1 aromatic carbocycles. The van der Waals surface area contributed by atoms with Gasteiger partial charge in [0, 0.05) is 13.0 Å². The first-order valence-electron chi connectivity index (χ1n) is 7.76. The van der Waals surface area contributed by atoms with Gasteiger partial charge >= 0.3 is 6.36 Å². The fourth-order valence-corrected chi connectivity index (χ4v) is 2.41. The quantitative estimate of drug-likeness (QED) is 0.757. The van der Waals surface area contributed by atoms with Crippen LogP contribution in [0.1, 0.15) is 39.2 Å². The Balaban J connectivity index is 2.39. The van der Waals surface area contributed by atoms with Gasteiger partial charge in [0.2, 0.25) is 5.91 Å². The lowest BCUT2D eigenvalue weighted by Crippen LogP contribution is -2.35. The van der Waals surface area contributed by atoms with Gasteiger partial charge in [0.1, 0.15) is 5.75 Å². The summed E-state index contributed by atoms with van der Waals surface area (Å²) in [4.78, 5) is 11.9. The number of aryl methyl sites for hydroxylation is 1. The van der Waals surface area contributed by atoms with Crippen LogP contribution in [0, 0.1) is 5.41 Å². The van der Waals surface area contributed by atoms with Crippen LogP contribution in [0.3, 0.4) is 0 Å². The molecular formula is C17H24F3NO3. The Labute approximate surface area is 140 Å². The smallest absolute Gasteiger partial charge is 0.406 e. The second-order valence-corrected chi connectivity index (χ2v) is 6.69. The van der Waals surface area contributed by atoms with E-state index in [0.29, 0.717) is 19.4 Å². The average molecular weight is 347 g/mol. The molecule has 0 spiro atoms. The monoisotopic (exact) mass is 347 g/mol. The number of benzene rings is 1. The molecule has 0 bridgehead atoms. The molecule has 1 rings (SSSR count). The molecule has 0 saturated heterocycles. The normalized spacial score (nSPS) is 13.5. The Morgan fingerprint density at radius 2 is 1.83 bits per heavy atom. The highest BCUT2D eigenvalue weighted by Crippen LogP contribution is 2.23. The lowest BCUT2D eigenvalue weighted by molar-refractivity contribution is -0.274. The molecule has 1 atom stereocenters. The molecule has 0 aliphatic rings. The molecule has 0 saturated carbocycles. The first kappa shape index (κ1) is 20.3. The van der Waals surface area contributed by atoms with Gasteiger partial charge in [-0.3, -0.25) is 4.79 Å². The van der Waals surface area contributed by atoms with E-state index in [1.54, 1.807) is 6.92 Å². The Morgan fingerprint density at radius 1 is 1.25 bits per heavy atom. The molecule has 0 heterocycles. The minimum Gasteiger partial charge on any atom is -0.406 e. The van der Waals surface area contributed by atoms with Crippen LogP contribution in [0.5, 0.6) is 5.75 Å². The van der Waals surface area contributed by atoms with Crippen LogP contribution in [0.15, 0.2) is 24.3 Å². The fraction of sp³-hybridized carbons (Fsp3) is 0.588. The van der Waals surface area contributed by atoms with E-state index < -0.39 is 12.5 Å². The number of hydrogen-bond donors (Lipinski definition) is 2. The Kier molecular flexibility index (Phi) is 7.08. The van der Waals surface area contributed by atoms with Crippen molar-refractivity contribution in [2.75, 3.05) is 6.54 Å². The number of rotatable bonds is 8. The van der Waals surface area contributed by atoms with Crippen molar-refractivity contribution in [3.63, 3.8) is 0 Å². The lowest BCUT2D eigenvalue weighted by Gasteiger charge is -2.26. The summed E-state index contributed by atoms with van der Waals surface area (Å²) >= 11 is 0. The van der Waals surface area contributed by atoms with Crippen LogP contribution in [-0.2, 0) is 11.2 Å². The van der Waals surface area contributed by atoms with Gasteiger partial charge in [-0.25, -0.2) is 0 Å². The molecule has 0 radical (unpaired) electrons. The number of amides is 1. The third kappa shape index (κ3) is 8.76. The van der Waals surface area contributed by atoms with Crippen molar-refractivity contribution >= 4 is 5.91 Å². The first-order chi connectivity index (χ1) is 11.0. The summed E-state index contributed by atoms with van der Waals surface area (Å²) in [6.07, 6.45) is -3.90. The highest BCUT2D eigenvalue weighted by Gasteiger charge is 2.30. The maximum absolute atomic E-state index is 12.1. The summed E-state index contributed by atoms with van der Waals surface area (Å²) in [6, 6.07) is 5.47. The highest BCUT2D eigenvalue weighted by atomic mass is 19.4. The van der Waals surface area contributed by atoms with Crippen LogP contribution in [0.2, 0.25) is 0 Å². The van der Waals surface area contributed by atoms with Crippen molar-refractivity contribution in [1.29, 1.82) is 0 Å². The van der Waals surface area contributed by atoms with Crippen LogP contribution in [0.25, 0.3) is 0 Å². The summed E-state index contributed by atoms with van der Waals surface area (Å²) in [5.74, 6) is -0.417. The third-order valence-corrected chi connectivity index (χ3v) is 3.41. The predicted molar refractivity (Wildman–Crippen MR) is 84.5 cm³/mol. The average Bonchev–Trinajstić information content (AvgIpc) is 2.41. The minimum absolute atomic E-state index is 0.135. The van der Waals surface area contributed by atoms with E-state index >= 15 is 0 Å². The zero-order valence-electron chi connectivity index (χ0n) is 14.1. The Hall–Kier alpha value is -1.76. The number of carbonyl (C=O) groups excluding carboxylic acids is 1. The number of carbonyl (C=O) groups is 1. The van der Waals surface area contributed by atoms with E-state index in [1.165, 1.54) is 24.3 Å². The van der Waals surface area contributed by atoms with Gasteiger partial charge in [0.15, 0.2) is 0 Å². The van der Waals surface area contributed by atoms with E-state index in [2.05, 4.69) is 10.1 Å². The zero-order valence-corrected chi connectivity index (χ0v) is 14.1. The zero-order chi connectivity index (χ0) is 18.4. The molecule has 1 amide bonds. The van der Waals surface area contributed by atoms with Gasteiger partial charge in [-0.2, -0.15) is 0 Å². The number of alkyl halides is 3. The number of aliphatic hydroxyl groups is 1. The number of halogens is 3. The van der Waals surface area contributed by atoms with E-state index in [1.807, 2.05) is 13.8 Å². The molecule has 7 heteroatoms. The Morgan fingerprint density at radius 3 is 2.33 bits per heavy atom. The van der Waals surface area contributed by atoms with E-state index in [-0.39, 0.29) is 23.5 Å². The number of nitrogens with one attached hydrogen (secondary N) is 1. The van der Waals surface area contributed by atoms with Gasteiger partial charge in [0.25, 0.3) is 0 Å². The second kappa shape index (κ2) is 8.37. The maximum atomic E-state index is 12.1. The topological polar surface area (TPSA) is 58.6 Å². The molecule has 0 fully saturated rings. The highest BCUT2D eigenvalue weighted by molar-refractivity contribution is 5.76. The summed E-state index contributed by atoms with van der Waals surface area (Å²) in [5, 5.41) is 12.2. The Bertz CT molecular complexity index is 525. The van der Waals surface area contributed by atoms with E-state index in [9.17, 15) is 23.1 Å². The second-order valence-electron chi connectivity index (χ2n) is 6.69. The van der Waals surface area contributed by atoms with Crippen molar-refractivity contribution in [3.8, 4) is 5.75 Å². The molecule has 0 unspecified atom stereocenters. The molecule has 0 aliphatic heterocycles. The minimum atomic E-state index is -4.71. The van der Waals surface area contributed by atoms with Crippen molar-refractivity contribution in [2.45, 2.75) is 52.5 Å². The summed E-state index contributed by atoms with van der Waals surface area (Å²) in [7, 11) is 0. The predicted octanol–water partition coefficient (Wildman–Crippen LogP) is 3.43. The number of ether oxygens (including phenoxy) is 1. The largest absolute Gasteiger partial charge is 0.573 e. The summed E-state index contributed by atoms with van der Waals surface area (Å²) < 4.78 is 40.0. The number of aliphatic hydroxyl groups excluding tert-OH is 1. The molecular weight excluding hydrogens is 323 g/mol. The van der Waals surface area contributed by atoms with Crippen LogP contribution >= 0.6 is 0 Å². The van der Waals surface area contributed by atoms with Crippen molar-refractivity contribution < 1.29 is 27.8 Å². The lowest BCUT2D eigenvalue weighted by atomic mass is 9.87. The van der Waals surface area contributed by atoms with Crippen molar-refractivity contribution in [2.24, 2.45) is 5.41 Å². The molecule has 0 aliphatic carbocycles. The SMILES string of the molecule is C[C@H](O)CC(C)(C)CNC(=O)CCc1ccc(OC(F)(F)F)cc1. The van der Waals surface area contributed by atoms with Crippen LogP contribution < -0.4 is 10.1 Å². The fourth-order valence-electron chi connectivity index (χ4n) is 2.41. The number of hydrogen-bond acceptors (Lipinski definition) is 3. The van der Waals surface area contributed by atoms with Gasteiger partial charge in [0.05, 0.1) is 6.10 Å². The van der Waals surface area contributed by atoms with Gasteiger partial charge < -0.3 is 15.2 Å². The molecule has 136 valence electrons. The molecule has 0 aromatic heterocycles. The van der Waals surface area contributed by atoms with E-state index in [0.717, 1.165) is 5.56 Å². The van der Waals surface area contributed by atoms with Crippen LogP contribution in [0.4, 0.5) is 13.2 Å². The third-order valence-electron chi connectivity index (χ3n) is 3.41. The van der Waals surface area contributed by atoms with Crippen molar-refractivity contribution in [1.82, 2.24) is 5.32 Å². The maximum Gasteiger partial charge on any atom is 0.573 e. The van der Waals surface area contributed by atoms with Gasteiger partial charge in [-0.1, -0.05) is 26.0 Å². The molecule has 1 aromatic rings. The molecule has 24 heavy (non-hydrogen) atoms. The van der Waals surface area contributed by atoms with Gasteiger partial charge in [-0.15, -0.1) is 13.2 Å².